The zero-order chi connectivity index (χ0) is 13.2. The Hall–Kier alpha value is -2.19. The molecule has 0 N–H and O–H groups in total. The Morgan fingerprint density at radius 3 is 2.74 bits per heavy atom. The highest BCUT2D eigenvalue weighted by atomic mass is 79.9. The molecule has 0 radical (unpaired) electrons. The lowest BCUT2D eigenvalue weighted by molar-refractivity contribution is 0.821. The topological polar surface area (TPSA) is 54.5 Å². The van der Waals surface area contributed by atoms with Crippen LogP contribution < -0.4 is 0 Å². The summed E-state index contributed by atoms with van der Waals surface area (Å²) in [6.07, 6.45) is 5.52. The Labute approximate surface area is 118 Å². The van der Waals surface area contributed by atoms with Crippen molar-refractivity contribution in [1.82, 2.24) is 14.5 Å². The van der Waals surface area contributed by atoms with Gasteiger partial charge in [0.25, 0.3) is 0 Å². The molecule has 0 fully saturated rings. The minimum Gasteiger partial charge on any atom is -0.327 e. The fourth-order valence-corrected chi connectivity index (χ4v) is 2.55. The van der Waals surface area contributed by atoms with E-state index in [1.165, 1.54) is 0 Å². The molecule has 3 rings (SSSR count). The van der Waals surface area contributed by atoms with Gasteiger partial charge in [-0.15, -0.1) is 0 Å². The molecule has 19 heavy (non-hydrogen) atoms. The van der Waals surface area contributed by atoms with Crippen molar-refractivity contribution in [2.24, 2.45) is 0 Å². The SMILES string of the molecule is N#Cc1ccc2c(Br)cn(Cc3ccncc3)c2n1. The van der Waals surface area contributed by atoms with Crippen molar-refractivity contribution in [3.8, 4) is 6.07 Å². The van der Waals surface area contributed by atoms with Crippen molar-refractivity contribution >= 4 is 27.0 Å². The van der Waals surface area contributed by atoms with Gasteiger partial charge >= 0.3 is 0 Å². The fourth-order valence-electron chi connectivity index (χ4n) is 1.99. The normalized spacial score (nSPS) is 10.5. The van der Waals surface area contributed by atoms with E-state index >= 15 is 0 Å². The Balaban J connectivity index is 2.11. The summed E-state index contributed by atoms with van der Waals surface area (Å²) in [4.78, 5) is 8.37. The summed E-state index contributed by atoms with van der Waals surface area (Å²) in [5, 5.41) is 9.95. The summed E-state index contributed by atoms with van der Waals surface area (Å²) in [5.74, 6) is 0. The zero-order valence-corrected chi connectivity index (χ0v) is 11.5. The van der Waals surface area contributed by atoms with Crippen molar-refractivity contribution in [3.63, 3.8) is 0 Å². The molecule has 92 valence electrons. The quantitative estimate of drug-likeness (QED) is 0.730. The molecule has 0 aliphatic heterocycles. The summed E-state index contributed by atoms with van der Waals surface area (Å²) in [6, 6.07) is 9.64. The van der Waals surface area contributed by atoms with E-state index in [-0.39, 0.29) is 0 Å². The second kappa shape index (κ2) is 4.82. The van der Waals surface area contributed by atoms with Gasteiger partial charge in [0.2, 0.25) is 0 Å². The van der Waals surface area contributed by atoms with Crippen LogP contribution in [0.1, 0.15) is 11.3 Å². The average molecular weight is 313 g/mol. The van der Waals surface area contributed by atoms with E-state index in [9.17, 15) is 0 Å². The molecular formula is C14H9BrN4. The predicted molar refractivity (Wildman–Crippen MR) is 75.5 cm³/mol. The highest BCUT2D eigenvalue weighted by Crippen LogP contribution is 2.25. The molecular weight excluding hydrogens is 304 g/mol. The number of hydrogen-bond donors (Lipinski definition) is 0. The summed E-state index contributed by atoms with van der Waals surface area (Å²) in [7, 11) is 0. The third-order valence-electron chi connectivity index (χ3n) is 2.89. The molecule has 0 amide bonds. The standard InChI is InChI=1S/C14H9BrN4/c15-13-9-19(8-10-3-5-17-6-4-10)14-12(13)2-1-11(7-16)18-14/h1-6,9H,8H2. The van der Waals surface area contributed by atoms with Crippen molar-refractivity contribution in [2.75, 3.05) is 0 Å². The maximum absolute atomic E-state index is 8.94. The van der Waals surface area contributed by atoms with Crippen molar-refractivity contribution in [1.29, 1.82) is 5.26 Å². The number of halogens is 1. The van der Waals surface area contributed by atoms with E-state index in [0.29, 0.717) is 12.2 Å². The van der Waals surface area contributed by atoms with Crippen molar-refractivity contribution in [3.05, 3.63) is 58.6 Å². The summed E-state index contributed by atoms with van der Waals surface area (Å²) in [6.45, 7) is 0.701. The van der Waals surface area contributed by atoms with E-state index in [2.05, 4.69) is 32.0 Å². The van der Waals surface area contributed by atoms with Crippen LogP contribution in [0.2, 0.25) is 0 Å². The summed E-state index contributed by atoms with van der Waals surface area (Å²) >= 11 is 3.52. The van der Waals surface area contributed by atoms with Crippen molar-refractivity contribution < 1.29 is 0 Å². The van der Waals surface area contributed by atoms with Gasteiger partial charge in [-0.25, -0.2) is 4.98 Å². The first-order valence-corrected chi connectivity index (χ1v) is 6.51. The van der Waals surface area contributed by atoms with Crippen LogP contribution in [0.25, 0.3) is 11.0 Å². The molecule has 5 heteroatoms. The fraction of sp³-hybridized carbons (Fsp3) is 0.0714. The Kier molecular flexibility index (Phi) is 3.02. The largest absolute Gasteiger partial charge is 0.327 e. The Morgan fingerprint density at radius 1 is 1.21 bits per heavy atom. The van der Waals surface area contributed by atoms with Crippen LogP contribution in [-0.4, -0.2) is 14.5 Å². The molecule has 0 unspecified atom stereocenters. The molecule has 0 saturated carbocycles. The molecule has 0 atom stereocenters. The van der Waals surface area contributed by atoms with Gasteiger partial charge in [0.1, 0.15) is 17.4 Å². The van der Waals surface area contributed by atoms with Gasteiger partial charge in [-0.3, -0.25) is 4.98 Å². The van der Waals surface area contributed by atoms with Gasteiger partial charge in [-0.05, 0) is 45.8 Å². The van der Waals surface area contributed by atoms with Crippen LogP contribution in [0.15, 0.2) is 47.3 Å². The zero-order valence-electron chi connectivity index (χ0n) is 9.92. The van der Waals surface area contributed by atoms with Gasteiger partial charge in [0.15, 0.2) is 0 Å². The lowest BCUT2D eigenvalue weighted by Gasteiger charge is -2.04. The highest BCUT2D eigenvalue weighted by Gasteiger charge is 2.09. The maximum atomic E-state index is 8.94. The van der Waals surface area contributed by atoms with Gasteiger partial charge in [0.05, 0.1) is 0 Å². The van der Waals surface area contributed by atoms with Crippen LogP contribution in [0.3, 0.4) is 0 Å². The Morgan fingerprint density at radius 2 is 2.00 bits per heavy atom. The van der Waals surface area contributed by atoms with Gasteiger partial charge in [-0.2, -0.15) is 5.26 Å². The number of pyridine rings is 2. The molecule has 3 aromatic rings. The maximum Gasteiger partial charge on any atom is 0.142 e. The molecule has 3 heterocycles. The lowest BCUT2D eigenvalue weighted by atomic mass is 10.2. The smallest absolute Gasteiger partial charge is 0.142 e. The van der Waals surface area contributed by atoms with Crippen LogP contribution >= 0.6 is 15.9 Å². The van der Waals surface area contributed by atoms with Gasteiger partial charge in [-0.1, -0.05) is 0 Å². The van der Waals surface area contributed by atoms with E-state index in [1.807, 2.05) is 29.0 Å². The van der Waals surface area contributed by atoms with E-state index in [4.69, 9.17) is 5.26 Å². The first-order chi connectivity index (χ1) is 9.28. The van der Waals surface area contributed by atoms with Crippen LogP contribution in [0.4, 0.5) is 0 Å². The Bertz CT molecular complexity index is 771. The molecule has 0 aliphatic carbocycles. The predicted octanol–water partition coefficient (Wildman–Crippen LogP) is 3.11. The molecule has 0 aliphatic rings. The number of nitrogens with zero attached hydrogens (tertiary/aromatic N) is 4. The summed E-state index contributed by atoms with van der Waals surface area (Å²) < 4.78 is 3.00. The first-order valence-electron chi connectivity index (χ1n) is 5.72. The molecule has 0 saturated heterocycles. The average Bonchev–Trinajstić information content (AvgIpc) is 2.76. The molecule has 4 nitrogen and oxygen atoms in total. The first kappa shape index (κ1) is 11.9. The van der Waals surface area contributed by atoms with Crippen molar-refractivity contribution in [2.45, 2.75) is 6.54 Å². The second-order valence-corrected chi connectivity index (χ2v) is 4.99. The minimum atomic E-state index is 0.425. The number of hydrogen-bond acceptors (Lipinski definition) is 3. The molecule has 0 spiro atoms. The number of rotatable bonds is 2. The number of nitriles is 1. The van der Waals surface area contributed by atoms with Crippen LogP contribution in [0.5, 0.6) is 0 Å². The molecule has 0 bridgehead atoms. The van der Waals surface area contributed by atoms with E-state index in [1.54, 1.807) is 18.5 Å². The number of fused-ring (bicyclic) bond motifs is 1. The molecule has 0 aromatic carbocycles. The van der Waals surface area contributed by atoms with E-state index in [0.717, 1.165) is 21.1 Å². The van der Waals surface area contributed by atoms with E-state index < -0.39 is 0 Å². The second-order valence-electron chi connectivity index (χ2n) is 4.14. The molecule has 3 aromatic heterocycles. The minimum absolute atomic E-state index is 0.425. The van der Waals surface area contributed by atoms with Gasteiger partial charge < -0.3 is 4.57 Å². The number of aromatic nitrogens is 3. The monoisotopic (exact) mass is 312 g/mol. The summed E-state index contributed by atoms with van der Waals surface area (Å²) in [5.41, 5.74) is 2.38. The third kappa shape index (κ3) is 2.23. The lowest BCUT2D eigenvalue weighted by Crippen LogP contribution is -1.99. The van der Waals surface area contributed by atoms with Crippen LogP contribution in [0, 0.1) is 11.3 Å². The van der Waals surface area contributed by atoms with Gasteiger partial charge in [0, 0.05) is 35.0 Å². The third-order valence-corrected chi connectivity index (χ3v) is 3.52. The highest BCUT2D eigenvalue weighted by molar-refractivity contribution is 9.10. The van der Waals surface area contributed by atoms with Crippen LogP contribution in [-0.2, 0) is 6.54 Å².